The minimum Gasteiger partial charge on any atom is -0.371 e. The van der Waals surface area contributed by atoms with Crippen LogP contribution in [0.4, 0.5) is 0 Å². The van der Waals surface area contributed by atoms with E-state index >= 15 is 0 Å². The molecule has 0 radical (unpaired) electrons. The van der Waals surface area contributed by atoms with Crippen molar-refractivity contribution in [3.8, 4) is 0 Å². The molecule has 1 atom stereocenters. The predicted molar refractivity (Wildman–Crippen MR) is 79.3 cm³/mol. The van der Waals surface area contributed by atoms with E-state index < -0.39 is 0 Å². The molecule has 22 heavy (non-hydrogen) atoms. The van der Waals surface area contributed by atoms with E-state index in [-0.39, 0.29) is 18.6 Å². The Morgan fingerprint density at radius 1 is 1.36 bits per heavy atom. The molecular formula is C16H24N2O4. The lowest BCUT2D eigenvalue weighted by atomic mass is 10.2. The van der Waals surface area contributed by atoms with Crippen molar-refractivity contribution in [1.82, 2.24) is 10.1 Å². The van der Waals surface area contributed by atoms with E-state index in [1.807, 2.05) is 18.7 Å². The zero-order valence-electron chi connectivity index (χ0n) is 13.3. The van der Waals surface area contributed by atoms with Crippen LogP contribution in [0.25, 0.3) is 0 Å². The average molecular weight is 308 g/mol. The van der Waals surface area contributed by atoms with E-state index in [0.717, 1.165) is 36.6 Å². The van der Waals surface area contributed by atoms with Gasteiger partial charge in [0.15, 0.2) is 0 Å². The SMILES string of the molecule is Cc1noc(C)c1COC1CCN(C(=O)COCC2CC2)C1. The second kappa shape index (κ2) is 6.79. The number of hydrogen-bond acceptors (Lipinski definition) is 5. The topological polar surface area (TPSA) is 64.8 Å². The largest absolute Gasteiger partial charge is 0.371 e. The van der Waals surface area contributed by atoms with Crippen LogP contribution >= 0.6 is 0 Å². The molecule has 1 saturated heterocycles. The summed E-state index contributed by atoms with van der Waals surface area (Å²) < 4.78 is 16.5. The van der Waals surface area contributed by atoms with Gasteiger partial charge in [-0.2, -0.15) is 0 Å². The molecule has 1 aromatic heterocycles. The van der Waals surface area contributed by atoms with Crippen molar-refractivity contribution in [2.24, 2.45) is 5.92 Å². The van der Waals surface area contributed by atoms with Crippen LogP contribution in [0.15, 0.2) is 4.52 Å². The van der Waals surface area contributed by atoms with Crippen molar-refractivity contribution >= 4 is 5.91 Å². The molecule has 0 spiro atoms. The number of carbonyl (C=O) groups is 1. The third-order valence-electron chi connectivity index (χ3n) is 4.42. The molecule has 6 heteroatoms. The van der Waals surface area contributed by atoms with Crippen molar-refractivity contribution in [3.63, 3.8) is 0 Å². The van der Waals surface area contributed by atoms with Crippen LogP contribution in [0.2, 0.25) is 0 Å². The monoisotopic (exact) mass is 308 g/mol. The highest BCUT2D eigenvalue weighted by molar-refractivity contribution is 5.77. The predicted octanol–water partition coefficient (Wildman–Crippen LogP) is 1.84. The normalized spacial score (nSPS) is 21.5. The van der Waals surface area contributed by atoms with Gasteiger partial charge in [-0.15, -0.1) is 0 Å². The summed E-state index contributed by atoms with van der Waals surface area (Å²) in [5.74, 6) is 1.57. The first-order chi connectivity index (χ1) is 10.6. The number of amides is 1. The summed E-state index contributed by atoms with van der Waals surface area (Å²) >= 11 is 0. The Hall–Kier alpha value is -1.40. The van der Waals surface area contributed by atoms with Gasteiger partial charge in [-0.05, 0) is 39.0 Å². The van der Waals surface area contributed by atoms with Crippen molar-refractivity contribution in [1.29, 1.82) is 0 Å². The molecule has 3 rings (SSSR count). The minimum absolute atomic E-state index is 0.0732. The van der Waals surface area contributed by atoms with Crippen molar-refractivity contribution < 1.29 is 18.8 Å². The highest BCUT2D eigenvalue weighted by Gasteiger charge is 2.28. The van der Waals surface area contributed by atoms with Gasteiger partial charge in [-0.25, -0.2) is 0 Å². The van der Waals surface area contributed by atoms with Crippen LogP contribution in [0.1, 0.15) is 36.3 Å². The van der Waals surface area contributed by atoms with Gasteiger partial charge in [0.25, 0.3) is 0 Å². The third kappa shape index (κ3) is 3.87. The molecule has 1 aliphatic carbocycles. The molecule has 2 fully saturated rings. The van der Waals surface area contributed by atoms with Crippen LogP contribution in [-0.2, 0) is 20.9 Å². The van der Waals surface area contributed by atoms with E-state index in [0.29, 0.717) is 19.1 Å². The summed E-state index contributed by atoms with van der Waals surface area (Å²) in [6.45, 7) is 6.62. The number of likely N-dealkylation sites (tertiary alicyclic amines) is 1. The van der Waals surface area contributed by atoms with Gasteiger partial charge in [-0.3, -0.25) is 4.79 Å². The Bertz CT molecular complexity index is 505. The van der Waals surface area contributed by atoms with E-state index in [2.05, 4.69) is 5.16 Å². The van der Waals surface area contributed by atoms with Crippen LogP contribution in [0, 0.1) is 19.8 Å². The molecule has 2 aliphatic rings. The van der Waals surface area contributed by atoms with Crippen molar-refractivity contribution in [3.05, 3.63) is 17.0 Å². The van der Waals surface area contributed by atoms with E-state index in [9.17, 15) is 4.79 Å². The standard InChI is InChI=1S/C16H24N2O4/c1-11-15(12(2)22-17-11)9-21-14-5-6-18(7-14)16(19)10-20-8-13-3-4-13/h13-14H,3-10H2,1-2H3. The van der Waals surface area contributed by atoms with Gasteiger partial charge in [0, 0.05) is 18.7 Å². The van der Waals surface area contributed by atoms with Gasteiger partial charge in [0.05, 0.1) is 25.0 Å². The highest BCUT2D eigenvalue weighted by atomic mass is 16.5. The van der Waals surface area contributed by atoms with Gasteiger partial charge < -0.3 is 18.9 Å². The van der Waals surface area contributed by atoms with Gasteiger partial charge in [0.2, 0.25) is 5.91 Å². The molecule has 1 aromatic rings. The first-order valence-electron chi connectivity index (χ1n) is 8.02. The fourth-order valence-electron chi connectivity index (χ4n) is 2.69. The summed E-state index contributed by atoms with van der Waals surface area (Å²) in [4.78, 5) is 13.9. The lowest BCUT2D eigenvalue weighted by Gasteiger charge is -2.16. The van der Waals surface area contributed by atoms with Crippen LogP contribution in [0.5, 0.6) is 0 Å². The number of carbonyl (C=O) groups excluding carboxylic acids is 1. The van der Waals surface area contributed by atoms with Gasteiger partial charge in [-0.1, -0.05) is 5.16 Å². The molecule has 1 unspecified atom stereocenters. The van der Waals surface area contributed by atoms with Gasteiger partial charge in [0.1, 0.15) is 12.4 Å². The van der Waals surface area contributed by atoms with Crippen LogP contribution in [0.3, 0.4) is 0 Å². The molecule has 1 aliphatic heterocycles. The number of rotatable bonds is 7. The lowest BCUT2D eigenvalue weighted by Crippen LogP contribution is -2.33. The van der Waals surface area contributed by atoms with E-state index in [4.69, 9.17) is 14.0 Å². The summed E-state index contributed by atoms with van der Waals surface area (Å²) in [5, 5.41) is 3.92. The molecular weight excluding hydrogens is 284 g/mol. The number of aromatic nitrogens is 1. The van der Waals surface area contributed by atoms with Crippen LogP contribution < -0.4 is 0 Å². The Morgan fingerprint density at radius 3 is 2.86 bits per heavy atom. The summed E-state index contributed by atoms with van der Waals surface area (Å²) in [5.41, 5.74) is 1.88. The first kappa shape index (κ1) is 15.5. The second-order valence-electron chi connectivity index (χ2n) is 6.32. The summed E-state index contributed by atoms with van der Waals surface area (Å²) in [6, 6.07) is 0. The third-order valence-corrected chi connectivity index (χ3v) is 4.42. The molecule has 2 heterocycles. The molecule has 6 nitrogen and oxygen atoms in total. The first-order valence-corrected chi connectivity index (χ1v) is 8.02. The fraction of sp³-hybridized carbons (Fsp3) is 0.750. The van der Waals surface area contributed by atoms with Crippen molar-refractivity contribution in [2.75, 3.05) is 26.3 Å². The number of nitrogens with zero attached hydrogens (tertiary/aromatic N) is 2. The Morgan fingerprint density at radius 2 is 2.18 bits per heavy atom. The van der Waals surface area contributed by atoms with Crippen LogP contribution in [-0.4, -0.2) is 48.4 Å². The van der Waals surface area contributed by atoms with E-state index in [1.54, 1.807) is 0 Å². The van der Waals surface area contributed by atoms with Crippen molar-refractivity contribution in [2.45, 2.75) is 45.8 Å². The zero-order chi connectivity index (χ0) is 15.5. The fourth-order valence-corrected chi connectivity index (χ4v) is 2.69. The molecule has 0 bridgehead atoms. The smallest absolute Gasteiger partial charge is 0.248 e. The maximum atomic E-state index is 12.1. The molecule has 1 saturated carbocycles. The molecule has 1 amide bonds. The summed E-state index contributed by atoms with van der Waals surface area (Å²) in [7, 11) is 0. The molecule has 122 valence electrons. The Labute approximate surface area is 130 Å². The number of aryl methyl sites for hydroxylation is 2. The molecule has 0 aromatic carbocycles. The highest BCUT2D eigenvalue weighted by Crippen LogP contribution is 2.28. The zero-order valence-corrected chi connectivity index (χ0v) is 13.3. The number of ether oxygens (including phenoxy) is 2. The average Bonchev–Trinajstić information content (AvgIpc) is 3.10. The Balaban J connectivity index is 1.38. The minimum atomic E-state index is 0.0732. The van der Waals surface area contributed by atoms with E-state index in [1.165, 1.54) is 12.8 Å². The maximum Gasteiger partial charge on any atom is 0.248 e. The number of hydrogen-bond donors (Lipinski definition) is 0. The maximum absolute atomic E-state index is 12.1. The quantitative estimate of drug-likeness (QED) is 0.769. The second-order valence-corrected chi connectivity index (χ2v) is 6.32. The molecule has 0 N–H and O–H groups in total. The lowest BCUT2D eigenvalue weighted by molar-refractivity contribution is -0.135. The van der Waals surface area contributed by atoms with Gasteiger partial charge >= 0.3 is 0 Å². The Kier molecular flexibility index (Phi) is 4.78. The summed E-state index contributed by atoms with van der Waals surface area (Å²) in [6.07, 6.45) is 3.45.